The van der Waals surface area contributed by atoms with Gasteiger partial charge in [0.05, 0.1) is 50.5 Å². The summed E-state index contributed by atoms with van der Waals surface area (Å²) in [6.07, 6.45) is 7.05. The summed E-state index contributed by atoms with van der Waals surface area (Å²) in [7, 11) is 0. The van der Waals surface area contributed by atoms with Crippen LogP contribution in [-0.2, 0) is 67.0 Å². The first-order valence-corrected chi connectivity index (χ1v) is 41.1. The summed E-state index contributed by atoms with van der Waals surface area (Å²) in [4.78, 5) is 227. The van der Waals surface area contributed by atoms with E-state index >= 15 is 0 Å². The van der Waals surface area contributed by atoms with Gasteiger partial charge in [0.25, 0.3) is 11.8 Å². The molecular formula is C84H113ClN16O19. The Morgan fingerprint density at radius 2 is 0.825 bits per heavy atom. The second-order valence-corrected chi connectivity index (χ2v) is 31.6. The number of nitrogens with zero attached hydrogens (tertiary/aromatic N) is 2. The van der Waals surface area contributed by atoms with Crippen LogP contribution in [0.25, 0.3) is 0 Å². The number of hydrogen-bond donors (Lipinski definition) is 14. The van der Waals surface area contributed by atoms with Crippen molar-refractivity contribution in [3.05, 3.63) is 131 Å². The lowest BCUT2D eigenvalue weighted by molar-refractivity contribution is -0.143. The highest BCUT2D eigenvalue weighted by Gasteiger charge is 2.48. The van der Waals surface area contributed by atoms with E-state index in [0.29, 0.717) is 71.6 Å². The average molecular weight is 1690 g/mol. The van der Waals surface area contributed by atoms with Crippen LogP contribution in [0.15, 0.2) is 109 Å². The molecule has 4 aliphatic rings. The first-order valence-electron chi connectivity index (χ1n) is 40.7. The summed E-state index contributed by atoms with van der Waals surface area (Å²) >= 11 is 5.98. The van der Waals surface area contributed by atoms with E-state index in [1.807, 2.05) is 27.7 Å². The minimum absolute atomic E-state index is 0.0308. The first-order chi connectivity index (χ1) is 57.2. The second-order valence-electron chi connectivity index (χ2n) is 31.2. The van der Waals surface area contributed by atoms with Gasteiger partial charge < -0.3 is 94.5 Å². The van der Waals surface area contributed by atoms with Crippen LogP contribution in [0.2, 0.25) is 5.02 Å². The number of hydrogen-bond acceptors (Lipinski definition) is 19. The number of benzene rings is 4. The topological polar surface area (TPSA) is 512 Å². The normalized spacial score (nSPS) is 17.9. The summed E-state index contributed by atoms with van der Waals surface area (Å²) in [5, 5.41) is 31.6. The zero-order valence-electron chi connectivity index (χ0n) is 68.7. The van der Waals surface area contributed by atoms with Crippen LogP contribution in [0.4, 0.5) is 30.6 Å². The number of ether oxygens (including phenoxy) is 2. The summed E-state index contributed by atoms with van der Waals surface area (Å²) < 4.78 is 10.7. The molecule has 2 saturated heterocycles. The Balaban J connectivity index is 0.000000331. The van der Waals surface area contributed by atoms with Crippen molar-refractivity contribution in [1.29, 1.82) is 0 Å². The SMILES string of the molecule is CCCC(NC(=O)C1C[C@@H](NC(=O)Nc2ccc(C(C)=O)cc2)CN1C(=O)[C@@H](NC(=O)OCC(C)C)C1CCCCC1)C(=O)C(=O)NCC(=O)N[C@H](C(N)=O)c1ccccc1.CCCC(NC(=O)C1C[C@@H](NC(=O)Nc2ccc(Cl)cc2)CN1C(=O)[C@@H](NC(=O)OCC(C)C)C1CCCCC1)C(=O)C(=O)NCC(=O)N[C@H](C(N)=O)c1ccccc1. The third-order valence-corrected chi connectivity index (χ3v) is 20.9. The molecule has 35 nitrogen and oxygen atoms in total. The number of primary amides is 2. The molecular weight excluding hydrogens is 1570 g/mol. The standard InChI is InChI=1S/C43H58N8O10.C41H55ClN8O9/c1-5-12-32(37(54)40(57)45-22-34(53)49-35(38(44)55)28-13-8-6-9-14-28)48-39(56)33-21-31(47-42(59)46-30-19-17-27(18-20-30)26(4)52)23-51(33)41(58)36(29-15-10-7-11-16-29)50-43(60)61-24-25(2)3;1-4-11-30(35(52)38(55)44-21-32(51)48-33(36(43)53)25-12-7-5-8-13-25)47-37(54)31-20-29(46-40(57)45-28-18-16-27(42)17-19-28)22-50(31)39(56)34(26-14-9-6-10-15-26)49-41(58)59-23-24(2)3/h6,8-9,13-14,17-20,25,29,31-33,35-36H,5,7,10-12,15-16,21-24H2,1-4H3,(H2,44,55)(H,45,57)(H,48,56)(H,49,53)(H,50,60)(H2,46,47,59);5,7-8,12-13,16-19,24,26,29-31,33-34H,4,6,9-11,14-15,20-23H2,1-3H3,(H2,43,53)(H,44,55)(H,47,54)(H,48,51)(H,49,58)(H2,45,46,57)/t31-,32?,33?,35+,36+;29-,30?,31?,33+,34+/m11/s1. The maximum atomic E-state index is 14.6. The van der Waals surface area contributed by atoms with Crippen LogP contribution in [-0.4, -0.2) is 198 Å². The van der Waals surface area contributed by atoms with Crippen LogP contribution >= 0.6 is 11.6 Å². The minimum Gasteiger partial charge on any atom is -0.449 e. The Morgan fingerprint density at radius 3 is 1.16 bits per heavy atom. The molecule has 4 fully saturated rings. The quantitative estimate of drug-likeness (QED) is 0.0190. The number of amides is 16. The Morgan fingerprint density at radius 1 is 0.467 bits per heavy atom. The van der Waals surface area contributed by atoms with E-state index in [1.54, 1.807) is 123 Å². The molecule has 16 N–H and O–H groups in total. The lowest BCUT2D eigenvalue weighted by Gasteiger charge is -2.34. The highest BCUT2D eigenvalue weighted by Crippen LogP contribution is 2.33. The van der Waals surface area contributed by atoms with Crippen molar-refractivity contribution >= 4 is 124 Å². The van der Waals surface area contributed by atoms with Gasteiger partial charge in [0.2, 0.25) is 58.8 Å². The molecule has 0 bridgehead atoms. The number of halogens is 1. The highest BCUT2D eigenvalue weighted by atomic mass is 35.5. The number of urea groups is 2. The summed E-state index contributed by atoms with van der Waals surface area (Å²) in [6, 6.07) is 16.8. The fraction of sp³-hybridized carbons (Fsp3) is 0.512. The summed E-state index contributed by atoms with van der Waals surface area (Å²) in [5.41, 5.74) is 13.1. The fourth-order valence-electron chi connectivity index (χ4n) is 14.6. The van der Waals surface area contributed by atoms with Gasteiger partial charge in [-0.2, -0.15) is 0 Å². The van der Waals surface area contributed by atoms with Gasteiger partial charge in [0, 0.05) is 35.1 Å². The van der Waals surface area contributed by atoms with Crippen LogP contribution in [0, 0.1) is 23.7 Å². The monoisotopic (exact) mass is 1680 g/mol. The molecule has 0 radical (unpaired) electrons. The number of alkyl carbamates (subject to hydrolysis) is 2. The van der Waals surface area contributed by atoms with E-state index in [0.717, 1.165) is 38.5 Å². The van der Waals surface area contributed by atoms with Gasteiger partial charge in [-0.1, -0.05) is 165 Å². The van der Waals surface area contributed by atoms with Crippen molar-refractivity contribution in [3.63, 3.8) is 0 Å². The molecule has 2 aliphatic carbocycles. The van der Waals surface area contributed by atoms with Crippen molar-refractivity contribution in [1.82, 2.24) is 63.0 Å². The number of likely N-dealkylation sites (tertiary alicyclic amines) is 2. The number of anilines is 2. The number of nitrogens with one attached hydrogen (secondary N) is 12. The predicted octanol–water partition coefficient (Wildman–Crippen LogP) is 5.70. The second kappa shape index (κ2) is 47.5. The largest absolute Gasteiger partial charge is 0.449 e. The van der Waals surface area contributed by atoms with Crippen LogP contribution < -0.4 is 75.3 Å². The van der Waals surface area contributed by atoms with Gasteiger partial charge in [-0.05, 0) is 142 Å². The van der Waals surface area contributed by atoms with Crippen molar-refractivity contribution in [2.75, 3.05) is 50.0 Å². The molecule has 16 amide bonds. The van der Waals surface area contributed by atoms with E-state index in [1.165, 1.54) is 16.7 Å². The van der Waals surface area contributed by atoms with Crippen LogP contribution in [0.5, 0.6) is 0 Å². The maximum Gasteiger partial charge on any atom is 0.407 e. The van der Waals surface area contributed by atoms with Crippen LogP contribution in [0.3, 0.4) is 0 Å². The smallest absolute Gasteiger partial charge is 0.407 e. The van der Waals surface area contributed by atoms with Crippen molar-refractivity contribution in [2.45, 2.75) is 212 Å². The molecule has 8 rings (SSSR count). The molecule has 0 spiro atoms. The number of carbonyl (C=O) groups excluding carboxylic acids is 17. The van der Waals surface area contributed by atoms with Gasteiger partial charge in [0.15, 0.2) is 5.78 Å². The minimum atomic E-state index is -1.35. The summed E-state index contributed by atoms with van der Waals surface area (Å²) in [6.45, 7) is 11.1. The molecule has 120 heavy (non-hydrogen) atoms. The summed E-state index contributed by atoms with van der Waals surface area (Å²) in [5.74, 6) is -10.9. The molecule has 2 heterocycles. The van der Waals surface area contributed by atoms with Crippen molar-refractivity contribution < 1.29 is 91.0 Å². The molecule has 0 aromatic heterocycles. The molecule has 10 atom stereocenters. The van der Waals surface area contributed by atoms with Gasteiger partial charge in [0.1, 0.15) is 36.3 Å². The Bertz CT molecular complexity index is 4240. The van der Waals surface area contributed by atoms with E-state index in [2.05, 4.69) is 63.8 Å². The number of rotatable bonds is 37. The Hall–Kier alpha value is -12.0. The van der Waals surface area contributed by atoms with E-state index in [4.69, 9.17) is 32.5 Å². The molecule has 4 aromatic carbocycles. The van der Waals surface area contributed by atoms with Gasteiger partial charge >= 0.3 is 24.2 Å². The number of carbonyl (C=O) groups is 17. The Labute approximate surface area is 702 Å². The molecule has 650 valence electrons. The van der Waals surface area contributed by atoms with Crippen molar-refractivity contribution in [2.24, 2.45) is 35.1 Å². The zero-order valence-corrected chi connectivity index (χ0v) is 69.5. The zero-order chi connectivity index (χ0) is 87.7. The highest BCUT2D eigenvalue weighted by molar-refractivity contribution is 6.39. The maximum absolute atomic E-state index is 14.6. The molecule has 4 unspecified atom stereocenters. The third-order valence-electron chi connectivity index (χ3n) is 20.6. The van der Waals surface area contributed by atoms with Gasteiger partial charge in [-0.15, -0.1) is 0 Å². The van der Waals surface area contributed by atoms with Gasteiger partial charge in [-0.3, -0.25) is 62.3 Å². The number of Topliss-reactive ketones (excluding diaryl/α,β-unsaturated/α-hetero) is 3. The Kier molecular flexibility index (Phi) is 37.7. The number of ketones is 3. The molecule has 2 aliphatic heterocycles. The van der Waals surface area contributed by atoms with E-state index in [9.17, 15) is 81.5 Å². The number of nitrogens with two attached hydrogens (primary N) is 2. The molecule has 4 aromatic rings. The fourth-order valence-corrected chi connectivity index (χ4v) is 14.7. The average Bonchev–Trinajstić information content (AvgIpc) is 1.65. The lowest BCUT2D eigenvalue weighted by Crippen LogP contribution is -2.58. The van der Waals surface area contributed by atoms with E-state index < -0.39 is 168 Å². The van der Waals surface area contributed by atoms with E-state index in [-0.39, 0.29) is 81.4 Å². The molecule has 2 saturated carbocycles. The van der Waals surface area contributed by atoms with Crippen LogP contribution in [0.1, 0.15) is 185 Å². The third kappa shape index (κ3) is 29.8. The predicted molar refractivity (Wildman–Crippen MR) is 442 cm³/mol. The lowest BCUT2D eigenvalue weighted by atomic mass is 9.83. The van der Waals surface area contributed by atoms with Crippen molar-refractivity contribution in [3.8, 4) is 0 Å². The first kappa shape index (κ1) is 95.1. The molecule has 36 heteroatoms. The van der Waals surface area contributed by atoms with Gasteiger partial charge in [-0.25, -0.2) is 19.2 Å².